The van der Waals surface area contributed by atoms with Crippen molar-refractivity contribution >= 4 is 0 Å². The van der Waals surface area contributed by atoms with Crippen LogP contribution in [0.4, 0.5) is 4.39 Å². The van der Waals surface area contributed by atoms with Gasteiger partial charge in [-0.05, 0) is 24.3 Å². The number of halogens is 1. The van der Waals surface area contributed by atoms with Crippen LogP contribution >= 0.6 is 0 Å². The Labute approximate surface area is 127 Å². The summed E-state index contributed by atoms with van der Waals surface area (Å²) >= 11 is 0. The zero-order valence-electron chi connectivity index (χ0n) is 12.0. The first-order valence-electron chi connectivity index (χ1n) is 6.88. The first-order chi connectivity index (χ1) is 10.7. The van der Waals surface area contributed by atoms with Crippen LogP contribution in [0.25, 0.3) is 11.3 Å². The lowest BCUT2D eigenvalue weighted by molar-refractivity contribution is 0.415. The Bertz CT molecular complexity index is 798. The molecule has 110 valence electrons. The molecule has 4 nitrogen and oxygen atoms in total. The molecule has 1 aromatic heterocycles. The number of rotatable bonds is 3. The Hall–Kier alpha value is -2.87. The number of aromatic nitrogens is 2. The molecule has 0 spiro atoms. The van der Waals surface area contributed by atoms with Gasteiger partial charge in [0.2, 0.25) is 0 Å². The van der Waals surface area contributed by atoms with Crippen molar-refractivity contribution in [3.63, 3.8) is 0 Å². The maximum Gasteiger partial charge on any atom is 0.119 e. The summed E-state index contributed by atoms with van der Waals surface area (Å²) in [4.78, 5) is 0. The van der Waals surface area contributed by atoms with E-state index >= 15 is 0 Å². The lowest BCUT2D eigenvalue weighted by Gasteiger charge is -2.13. The lowest BCUT2D eigenvalue weighted by Crippen LogP contribution is -2.02. The Morgan fingerprint density at radius 3 is 3.00 bits per heavy atom. The molecule has 2 aromatic rings. The zero-order valence-corrected chi connectivity index (χ0v) is 12.0. The number of hydrogen-bond acceptors (Lipinski definition) is 3. The SMILES string of the molecule is COc1cccc(-c2cc(C3C=CC(C#N)=C(F)C3)[nH]n2)c1. The van der Waals surface area contributed by atoms with Gasteiger partial charge in [-0.25, -0.2) is 4.39 Å². The topological polar surface area (TPSA) is 61.7 Å². The molecule has 0 amide bonds. The number of nitrogens with one attached hydrogen (secondary N) is 1. The summed E-state index contributed by atoms with van der Waals surface area (Å²) in [5, 5.41) is 16.0. The highest BCUT2D eigenvalue weighted by Crippen LogP contribution is 2.32. The van der Waals surface area contributed by atoms with E-state index in [0.29, 0.717) is 0 Å². The van der Waals surface area contributed by atoms with Gasteiger partial charge in [-0.3, -0.25) is 5.10 Å². The third-order valence-corrected chi connectivity index (χ3v) is 3.67. The van der Waals surface area contributed by atoms with Gasteiger partial charge in [-0.15, -0.1) is 0 Å². The summed E-state index contributed by atoms with van der Waals surface area (Å²) in [5.74, 6) is 0.240. The number of nitrogens with zero attached hydrogens (tertiary/aromatic N) is 2. The molecular weight excluding hydrogens is 281 g/mol. The zero-order chi connectivity index (χ0) is 15.5. The monoisotopic (exact) mass is 295 g/mol. The predicted molar refractivity (Wildman–Crippen MR) is 80.8 cm³/mol. The van der Waals surface area contributed by atoms with Gasteiger partial charge in [0.05, 0.1) is 18.4 Å². The van der Waals surface area contributed by atoms with Crippen LogP contribution in [0.1, 0.15) is 18.0 Å². The molecule has 0 fully saturated rings. The van der Waals surface area contributed by atoms with Crippen molar-refractivity contribution in [1.29, 1.82) is 5.26 Å². The number of nitriles is 1. The van der Waals surface area contributed by atoms with E-state index in [1.165, 1.54) is 6.08 Å². The van der Waals surface area contributed by atoms with Crippen molar-refractivity contribution in [1.82, 2.24) is 10.2 Å². The first-order valence-corrected chi connectivity index (χ1v) is 6.88. The number of hydrogen-bond donors (Lipinski definition) is 1. The van der Waals surface area contributed by atoms with Gasteiger partial charge in [-0.1, -0.05) is 18.2 Å². The normalized spacial score (nSPS) is 17.4. The largest absolute Gasteiger partial charge is 0.497 e. The Morgan fingerprint density at radius 2 is 2.27 bits per heavy atom. The summed E-state index contributed by atoms with van der Waals surface area (Å²) in [6.07, 6.45) is 3.53. The molecule has 1 unspecified atom stereocenters. The maximum atomic E-state index is 13.8. The summed E-state index contributed by atoms with van der Waals surface area (Å²) in [7, 11) is 1.61. The molecule has 1 heterocycles. The van der Waals surface area contributed by atoms with Crippen LogP contribution in [0.3, 0.4) is 0 Å². The average molecular weight is 295 g/mol. The van der Waals surface area contributed by atoms with E-state index in [1.807, 2.05) is 42.5 Å². The third kappa shape index (κ3) is 2.63. The molecule has 5 heteroatoms. The minimum Gasteiger partial charge on any atom is -0.497 e. The summed E-state index contributed by atoms with van der Waals surface area (Å²) in [6.45, 7) is 0. The molecule has 0 aliphatic heterocycles. The molecule has 1 aliphatic carbocycles. The van der Waals surface area contributed by atoms with Crippen LogP contribution in [0.2, 0.25) is 0 Å². The van der Waals surface area contributed by atoms with Crippen molar-refractivity contribution in [2.75, 3.05) is 7.11 Å². The van der Waals surface area contributed by atoms with Crippen LogP contribution in [0.5, 0.6) is 5.75 Å². The average Bonchev–Trinajstić information content (AvgIpc) is 3.05. The fourth-order valence-electron chi connectivity index (χ4n) is 2.44. The number of benzene rings is 1. The molecule has 1 N–H and O–H groups in total. The molecule has 0 radical (unpaired) electrons. The standard InChI is InChI=1S/C17H14FN3O/c1-22-14-4-2-3-11(7-14)16-9-17(21-20-16)12-5-6-13(10-19)15(18)8-12/h2-7,9,12H,8H2,1H3,(H,20,21). The summed E-state index contributed by atoms with van der Waals surface area (Å²) in [5.41, 5.74) is 2.62. The Morgan fingerprint density at radius 1 is 1.41 bits per heavy atom. The van der Waals surface area contributed by atoms with Crippen molar-refractivity contribution < 1.29 is 9.13 Å². The van der Waals surface area contributed by atoms with E-state index in [0.717, 1.165) is 22.7 Å². The van der Waals surface area contributed by atoms with E-state index in [-0.39, 0.29) is 23.7 Å². The molecule has 1 aliphatic rings. The summed E-state index contributed by atoms with van der Waals surface area (Å²) in [6, 6.07) is 11.3. The number of H-pyrrole nitrogens is 1. The molecule has 3 rings (SSSR count). The van der Waals surface area contributed by atoms with Crippen molar-refractivity contribution in [2.45, 2.75) is 12.3 Å². The minimum atomic E-state index is -0.382. The number of aromatic amines is 1. The second-order valence-corrected chi connectivity index (χ2v) is 5.04. The van der Waals surface area contributed by atoms with E-state index < -0.39 is 0 Å². The van der Waals surface area contributed by atoms with Crippen LogP contribution < -0.4 is 4.74 Å². The smallest absolute Gasteiger partial charge is 0.119 e. The Balaban J connectivity index is 1.85. The van der Waals surface area contributed by atoms with Gasteiger partial charge < -0.3 is 4.74 Å². The highest BCUT2D eigenvalue weighted by molar-refractivity contribution is 5.61. The lowest BCUT2D eigenvalue weighted by atomic mass is 9.93. The first kappa shape index (κ1) is 14.1. The van der Waals surface area contributed by atoms with E-state index in [2.05, 4.69) is 10.2 Å². The Kier molecular flexibility index (Phi) is 3.75. The van der Waals surface area contributed by atoms with Gasteiger partial charge in [0.25, 0.3) is 0 Å². The van der Waals surface area contributed by atoms with E-state index in [4.69, 9.17) is 10.00 Å². The van der Waals surface area contributed by atoms with Crippen LogP contribution in [0, 0.1) is 11.3 Å². The van der Waals surface area contributed by atoms with Crippen LogP contribution in [0.15, 0.2) is 53.9 Å². The highest BCUT2D eigenvalue weighted by atomic mass is 19.1. The third-order valence-electron chi connectivity index (χ3n) is 3.67. The quantitative estimate of drug-likeness (QED) is 0.934. The molecule has 0 bridgehead atoms. The fraction of sp³-hybridized carbons (Fsp3) is 0.176. The van der Waals surface area contributed by atoms with E-state index in [1.54, 1.807) is 7.11 Å². The fourth-order valence-corrected chi connectivity index (χ4v) is 2.44. The van der Waals surface area contributed by atoms with Crippen LogP contribution in [-0.2, 0) is 0 Å². The van der Waals surface area contributed by atoms with Gasteiger partial charge in [0.1, 0.15) is 17.6 Å². The van der Waals surface area contributed by atoms with E-state index in [9.17, 15) is 4.39 Å². The minimum absolute atomic E-state index is 0.101. The molecule has 0 saturated carbocycles. The number of allylic oxidation sites excluding steroid dienone is 4. The molecular formula is C17H14FN3O. The summed E-state index contributed by atoms with van der Waals surface area (Å²) < 4.78 is 19.0. The molecule has 22 heavy (non-hydrogen) atoms. The van der Waals surface area contributed by atoms with Gasteiger partial charge in [0, 0.05) is 23.6 Å². The second kappa shape index (κ2) is 5.86. The number of methoxy groups -OCH3 is 1. The predicted octanol–water partition coefficient (Wildman–Crippen LogP) is 3.88. The van der Waals surface area contributed by atoms with Gasteiger partial charge in [-0.2, -0.15) is 10.4 Å². The molecule has 1 atom stereocenters. The van der Waals surface area contributed by atoms with Gasteiger partial charge >= 0.3 is 0 Å². The maximum absolute atomic E-state index is 13.8. The van der Waals surface area contributed by atoms with Crippen molar-refractivity contribution in [3.05, 3.63) is 59.6 Å². The van der Waals surface area contributed by atoms with Crippen molar-refractivity contribution in [2.24, 2.45) is 0 Å². The molecule has 0 saturated heterocycles. The van der Waals surface area contributed by atoms with Crippen LogP contribution in [-0.4, -0.2) is 17.3 Å². The van der Waals surface area contributed by atoms with Crippen molar-refractivity contribution in [3.8, 4) is 23.1 Å². The molecule has 1 aromatic carbocycles. The number of ether oxygens (including phenoxy) is 1. The van der Waals surface area contributed by atoms with Gasteiger partial charge in [0.15, 0.2) is 0 Å². The second-order valence-electron chi connectivity index (χ2n) is 5.04. The highest BCUT2D eigenvalue weighted by Gasteiger charge is 2.20.